The third-order valence-electron chi connectivity index (χ3n) is 5.04. The number of amides is 1. The average Bonchev–Trinajstić information content (AvgIpc) is 3.40. The first-order valence-electron chi connectivity index (χ1n) is 9.29. The molecule has 1 atom stereocenters. The van der Waals surface area contributed by atoms with E-state index in [9.17, 15) is 4.79 Å². The van der Waals surface area contributed by atoms with Crippen molar-refractivity contribution in [1.82, 2.24) is 19.6 Å². The largest absolute Gasteiger partial charge is 0.497 e. The predicted octanol–water partition coefficient (Wildman–Crippen LogP) is 2.90. The van der Waals surface area contributed by atoms with Crippen LogP contribution >= 0.6 is 11.3 Å². The molecule has 1 aliphatic heterocycles. The molecule has 0 saturated carbocycles. The van der Waals surface area contributed by atoms with E-state index >= 15 is 0 Å². The number of ether oxygens (including phenoxy) is 1. The van der Waals surface area contributed by atoms with Crippen LogP contribution in [0.15, 0.2) is 42.0 Å². The van der Waals surface area contributed by atoms with Crippen LogP contribution in [0.4, 0.5) is 0 Å². The van der Waals surface area contributed by atoms with Gasteiger partial charge in [0.15, 0.2) is 4.96 Å². The Balaban J connectivity index is 1.42. The number of hydrogen-bond acceptors (Lipinski definition) is 5. The van der Waals surface area contributed by atoms with Gasteiger partial charge in [-0.15, -0.1) is 11.3 Å². The third-order valence-corrected chi connectivity index (χ3v) is 5.81. The molecule has 0 spiro atoms. The van der Waals surface area contributed by atoms with Gasteiger partial charge in [-0.3, -0.25) is 14.1 Å². The Morgan fingerprint density at radius 3 is 3.00 bits per heavy atom. The lowest BCUT2D eigenvalue weighted by molar-refractivity contribution is -0.120. The van der Waals surface area contributed by atoms with Crippen LogP contribution in [-0.2, 0) is 11.2 Å². The molecule has 1 fully saturated rings. The molecule has 1 amide bonds. The highest BCUT2D eigenvalue weighted by Gasteiger charge is 2.24. The smallest absolute Gasteiger partial charge is 0.226 e. The molecule has 142 valence electrons. The number of likely N-dealkylation sites (tertiary alicyclic amines) is 1. The molecule has 7 heteroatoms. The Hall–Kier alpha value is -2.38. The molecule has 2 aromatic heterocycles. The third kappa shape index (κ3) is 4.14. The Morgan fingerprint density at radius 2 is 2.22 bits per heavy atom. The summed E-state index contributed by atoms with van der Waals surface area (Å²) in [6, 6.07) is 8.31. The second kappa shape index (κ2) is 8.10. The van der Waals surface area contributed by atoms with Gasteiger partial charge in [0, 0.05) is 24.3 Å². The fourth-order valence-corrected chi connectivity index (χ4v) is 4.38. The number of methoxy groups -OCH3 is 1. The summed E-state index contributed by atoms with van der Waals surface area (Å²) in [5.41, 5.74) is 1.98. The Labute approximate surface area is 162 Å². The number of aromatic nitrogens is 2. The van der Waals surface area contributed by atoms with Crippen molar-refractivity contribution in [2.45, 2.75) is 25.3 Å². The lowest BCUT2D eigenvalue weighted by Crippen LogP contribution is -2.37. The molecule has 0 radical (unpaired) electrons. The molecule has 0 aliphatic carbocycles. The van der Waals surface area contributed by atoms with E-state index in [0.29, 0.717) is 13.0 Å². The Kier molecular flexibility index (Phi) is 5.40. The number of carbonyl (C=O) groups excluding carboxylic acids is 1. The molecule has 27 heavy (non-hydrogen) atoms. The van der Waals surface area contributed by atoms with Crippen molar-refractivity contribution in [3.63, 3.8) is 0 Å². The van der Waals surface area contributed by atoms with Crippen molar-refractivity contribution in [1.29, 1.82) is 0 Å². The van der Waals surface area contributed by atoms with Gasteiger partial charge in [0.25, 0.3) is 0 Å². The van der Waals surface area contributed by atoms with E-state index in [2.05, 4.69) is 27.3 Å². The second-order valence-corrected chi connectivity index (χ2v) is 7.71. The lowest BCUT2D eigenvalue weighted by atomic mass is 10.0. The van der Waals surface area contributed by atoms with Crippen LogP contribution in [0.1, 0.15) is 30.1 Å². The van der Waals surface area contributed by atoms with Gasteiger partial charge in [0.05, 0.1) is 25.3 Å². The lowest BCUT2D eigenvalue weighted by Gasteiger charge is -2.28. The number of imidazole rings is 1. The molecular weight excluding hydrogens is 360 g/mol. The van der Waals surface area contributed by atoms with E-state index in [1.165, 1.54) is 18.4 Å². The van der Waals surface area contributed by atoms with Crippen LogP contribution < -0.4 is 10.1 Å². The summed E-state index contributed by atoms with van der Waals surface area (Å²) in [4.78, 5) is 20.3. The highest BCUT2D eigenvalue weighted by atomic mass is 32.1. The summed E-state index contributed by atoms with van der Waals surface area (Å²) in [7, 11) is 1.68. The van der Waals surface area contributed by atoms with Crippen molar-refractivity contribution in [2.75, 3.05) is 26.7 Å². The molecule has 3 heterocycles. The van der Waals surface area contributed by atoms with Gasteiger partial charge in [-0.25, -0.2) is 4.98 Å². The number of nitrogens with one attached hydrogen (secondary N) is 1. The Bertz CT molecular complexity index is 885. The van der Waals surface area contributed by atoms with Gasteiger partial charge < -0.3 is 10.1 Å². The minimum atomic E-state index is 0.00726. The molecule has 1 unspecified atom stereocenters. The van der Waals surface area contributed by atoms with Crippen LogP contribution in [0.3, 0.4) is 0 Å². The highest BCUT2D eigenvalue weighted by molar-refractivity contribution is 7.15. The number of hydrogen-bond donors (Lipinski definition) is 1. The van der Waals surface area contributed by atoms with E-state index in [0.717, 1.165) is 29.5 Å². The van der Waals surface area contributed by atoms with Gasteiger partial charge in [-0.2, -0.15) is 0 Å². The van der Waals surface area contributed by atoms with Gasteiger partial charge in [-0.1, -0.05) is 12.1 Å². The molecule has 3 aromatic rings. The summed E-state index contributed by atoms with van der Waals surface area (Å²) >= 11 is 1.57. The zero-order valence-electron chi connectivity index (χ0n) is 15.4. The van der Waals surface area contributed by atoms with Crippen LogP contribution in [0.5, 0.6) is 5.75 Å². The van der Waals surface area contributed by atoms with E-state index < -0.39 is 0 Å². The SMILES string of the molecule is COc1cccc(C(CNC(=O)Cc2cn3ccsc3n2)N2CCCC2)c1. The van der Waals surface area contributed by atoms with Gasteiger partial charge >= 0.3 is 0 Å². The van der Waals surface area contributed by atoms with Crippen molar-refractivity contribution < 1.29 is 9.53 Å². The van der Waals surface area contributed by atoms with E-state index in [4.69, 9.17) is 4.74 Å². The van der Waals surface area contributed by atoms with Gasteiger partial charge in [0.2, 0.25) is 5.91 Å². The second-order valence-electron chi connectivity index (χ2n) is 6.84. The number of nitrogens with zero attached hydrogens (tertiary/aromatic N) is 3. The topological polar surface area (TPSA) is 58.9 Å². The number of benzene rings is 1. The van der Waals surface area contributed by atoms with Crippen LogP contribution in [0.25, 0.3) is 4.96 Å². The quantitative estimate of drug-likeness (QED) is 0.680. The number of thiazole rings is 1. The van der Waals surface area contributed by atoms with E-state index in [-0.39, 0.29) is 11.9 Å². The van der Waals surface area contributed by atoms with Crippen LogP contribution in [0.2, 0.25) is 0 Å². The molecule has 1 aliphatic rings. The maximum Gasteiger partial charge on any atom is 0.226 e. The van der Waals surface area contributed by atoms with Gasteiger partial charge in [0.1, 0.15) is 5.75 Å². The fourth-order valence-electron chi connectivity index (χ4n) is 3.66. The zero-order chi connectivity index (χ0) is 18.6. The molecular formula is C20H24N4O2S. The standard InChI is InChI=1S/C20H24N4O2S/c1-26-17-6-4-5-15(11-17)18(23-7-2-3-8-23)13-21-19(25)12-16-14-24-9-10-27-20(24)22-16/h4-6,9-11,14,18H,2-3,7-8,12-13H2,1H3,(H,21,25). The van der Waals surface area contributed by atoms with Gasteiger partial charge in [-0.05, 0) is 43.6 Å². The number of fused-ring (bicyclic) bond motifs is 1. The molecule has 4 rings (SSSR count). The first-order valence-corrected chi connectivity index (χ1v) is 10.2. The summed E-state index contributed by atoms with van der Waals surface area (Å²) in [6.45, 7) is 2.72. The fraction of sp³-hybridized carbons (Fsp3) is 0.400. The maximum absolute atomic E-state index is 12.5. The van der Waals surface area contributed by atoms with Crippen molar-refractivity contribution in [2.24, 2.45) is 0 Å². The van der Waals surface area contributed by atoms with Crippen LogP contribution in [-0.4, -0.2) is 46.9 Å². The first kappa shape index (κ1) is 18.0. The summed E-state index contributed by atoms with van der Waals surface area (Å²) < 4.78 is 7.33. The Morgan fingerprint density at radius 1 is 1.37 bits per heavy atom. The first-order chi connectivity index (χ1) is 13.2. The van der Waals surface area contributed by atoms with Crippen molar-refractivity contribution >= 4 is 22.2 Å². The predicted molar refractivity (Wildman–Crippen MR) is 106 cm³/mol. The summed E-state index contributed by atoms with van der Waals surface area (Å²) in [6.07, 6.45) is 6.60. The molecule has 1 N–H and O–H groups in total. The zero-order valence-corrected chi connectivity index (χ0v) is 16.2. The molecule has 6 nitrogen and oxygen atoms in total. The highest BCUT2D eigenvalue weighted by Crippen LogP contribution is 2.27. The maximum atomic E-state index is 12.5. The summed E-state index contributed by atoms with van der Waals surface area (Å²) in [5.74, 6) is 0.856. The minimum absolute atomic E-state index is 0.00726. The van der Waals surface area contributed by atoms with Crippen molar-refractivity contribution in [3.8, 4) is 5.75 Å². The average molecular weight is 385 g/mol. The molecule has 1 saturated heterocycles. The van der Waals surface area contributed by atoms with Crippen molar-refractivity contribution in [3.05, 3.63) is 53.3 Å². The molecule has 1 aromatic carbocycles. The van der Waals surface area contributed by atoms with Crippen LogP contribution in [0, 0.1) is 0 Å². The van der Waals surface area contributed by atoms with E-state index in [1.807, 2.05) is 34.3 Å². The normalized spacial score (nSPS) is 15.9. The number of rotatable bonds is 7. The summed E-state index contributed by atoms with van der Waals surface area (Å²) in [5, 5.41) is 5.10. The number of carbonyl (C=O) groups is 1. The minimum Gasteiger partial charge on any atom is -0.497 e. The molecule has 0 bridgehead atoms. The monoisotopic (exact) mass is 384 g/mol. The van der Waals surface area contributed by atoms with E-state index in [1.54, 1.807) is 18.4 Å².